The van der Waals surface area contributed by atoms with E-state index in [0.29, 0.717) is 16.5 Å². The number of anilines is 1. The molecule has 0 spiro atoms. The fourth-order valence-electron chi connectivity index (χ4n) is 3.12. The second-order valence-corrected chi connectivity index (χ2v) is 7.35. The van der Waals surface area contributed by atoms with Gasteiger partial charge in [-0.2, -0.15) is 0 Å². The van der Waals surface area contributed by atoms with E-state index in [0.717, 1.165) is 32.5 Å². The van der Waals surface area contributed by atoms with Gasteiger partial charge in [-0.15, -0.1) is 0 Å². The molecule has 1 N–H and O–H groups in total. The predicted molar refractivity (Wildman–Crippen MR) is 105 cm³/mol. The average Bonchev–Trinajstić information content (AvgIpc) is 3.15. The molecule has 2 aromatic carbocycles. The Morgan fingerprint density at radius 1 is 1.19 bits per heavy atom. The molecule has 4 aromatic rings. The van der Waals surface area contributed by atoms with Crippen molar-refractivity contribution in [3.63, 3.8) is 0 Å². The van der Waals surface area contributed by atoms with Gasteiger partial charge in [0.25, 0.3) is 5.91 Å². The zero-order valence-electron chi connectivity index (χ0n) is 15.0. The summed E-state index contributed by atoms with van der Waals surface area (Å²) < 4.78 is 12.1. The highest BCUT2D eigenvalue weighted by atomic mass is 32.1. The third kappa shape index (κ3) is 2.72. The molecule has 0 atom stereocenters. The van der Waals surface area contributed by atoms with Crippen molar-refractivity contribution in [1.29, 1.82) is 0 Å². The van der Waals surface area contributed by atoms with Crippen LogP contribution in [0.25, 0.3) is 21.2 Å². The molecule has 5 nitrogen and oxygen atoms in total. The summed E-state index contributed by atoms with van der Waals surface area (Å²) >= 11 is 1.46. The molecule has 0 bridgehead atoms. The lowest BCUT2D eigenvalue weighted by Crippen LogP contribution is -2.11. The molecule has 26 heavy (non-hydrogen) atoms. The summed E-state index contributed by atoms with van der Waals surface area (Å²) in [6.45, 7) is 5.94. The number of hydrogen-bond acceptors (Lipinski definition) is 5. The van der Waals surface area contributed by atoms with Crippen molar-refractivity contribution in [3.8, 4) is 5.75 Å². The summed E-state index contributed by atoms with van der Waals surface area (Å²) in [6.07, 6.45) is 0. The van der Waals surface area contributed by atoms with Crippen LogP contribution in [-0.2, 0) is 0 Å². The molecule has 2 heterocycles. The number of fused-ring (bicyclic) bond motifs is 2. The Balaban J connectivity index is 1.69. The van der Waals surface area contributed by atoms with Gasteiger partial charge in [-0.3, -0.25) is 10.1 Å². The van der Waals surface area contributed by atoms with Crippen molar-refractivity contribution in [2.24, 2.45) is 0 Å². The van der Waals surface area contributed by atoms with E-state index in [1.807, 2.05) is 32.0 Å². The minimum absolute atomic E-state index is 0.292. The largest absolute Gasteiger partial charge is 0.497 e. The van der Waals surface area contributed by atoms with E-state index in [4.69, 9.17) is 9.15 Å². The summed E-state index contributed by atoms with van der Waals surface area (Å²) in [4.78, 5) is 17.3. The van der Waals surface area contributed by atoms with E-state index < -0.39 is 0 Å². The first-order valence-corrected chi connectivity index (χ1v) is 9.04. The molecule has 1 amide bonds. The van der Waals surface area contributed by atoms with Gasteiger partial charge in [-0.25, -0.2) is 4.98 Å². The van der Waals surface area contributed by atoms with Crippen LogP contribution in [0.5, 0.6) is 5.75 Å². The molecule has 2 aromatic heterocycles. The van der Waals surface area contributed by atoms with Crippen molar-refractivity contribution in [2.45, 2.75) is 20.8 Å². The summed E-state index contributed by atoms with van der Waals surface area (Å²) in [7, 11) is 1.61. The molecule has 4 rings (SSSR count). The Kier molecular flexibility index (Phi) is 3.92. The molecule has 6 heteroatoms. The number of nitrogens with zero attached hydrogens (tertiary/aromatic N) is 1. The van der Waals surface area contributed by atoms with E-state index in [2.05, 4.69) is 29.4 Å². The Morgan fingerprint density at radius 3 is 2.77 bits per heavy atom. The Morgan fingerprint density at radius 2 is 2.00 bits per heavy atom. The fourth-order valence-corrected chi connectivity index (χ4v) is 4.16. The molecule has 0 aliphatic rings. The lowest BCUT2D eigenvalue weighted by atomic mass is 10.1. The van der Waals surface area contributed by atoms with Crippen LogP contribution < -0.4 is 10.1 Å². The Labute approximate surface area is 154 Å². The van der Waals surface area contributed by atoms with Crippen LogP contribution >= 0.6 is 11.3 Å². The van der Waals surface area contributed by atoms with Crippen molar-refractivity contribution >= 4 is 43.6 Å². The molecule has 0 unspecified atom stereocenters. The zero-order valence-corrected chi connectivity index (χ0v) is 15.8. The number of aromatic nitrogens is 1. The topological polar surface area (TPSA) is 64.4 Å². The Bertz CT molecular complexity index is 1160. The molecule has 0 radical (unpaired) electrons. The predicted octanol–water partition coefficient (Wildman–Crippen LogP) is 5.23. The van der Waals surface area contributed by atoms with Crippen molar-refractivity contribution < 1.29 is 13.9 Å². The maximum absolute atomic E-state index is 12.7. The van der Waals surface area contributed by atoms with Gasteiger partial charge >= 0.3 is 0 Å². The maximum Gasteiger partial charge on any atom is 0.293 e. The van der Waals surface area contributed by atoms with E-state index in [1.54, 1.807) is 7.11 Å². The number of rotatable bonds is 3. The smallest absolute Gasteiger partial charge is 0.293 e. The van der Waals surface area contributed by atoms with Crippen LogP contribution in [0.15, 0.2) is 34.7 Å². The van der Waals surface area contributed by atoms with Gasteiger partial charge in [0.2, 0.25) is 0 Å². The summed E-state index contributed by atoms with van der Waals surface area (Å²) in [5, 5.41) is 4.30. The van der Waals surface area contributed by atoms with Crippen LogP contribution in [0.2, 0.25) is 0 Å². The normalized spacial score (nSPS) is 11.2. The van der Waals surface area contributed by atoms with Crippen molar-refractivity contribution in [2.75, 3.05) is 12.4 Å². The minimum atomic E-state index is -0.300. The number of nitrogens with one attached hydrogen (secondary N) is 1. The minimum Gasteiger partial charge on any atom is -0.497 e. The van der Waals surface area contributed by atoms with Crippen LogP contribution in [-0.4, -0.2) is 18.0 Å². The van der Waals surface area contributed by atoms with E-state index >= 15 is 0 Å². The first kappa shape index (κ1) is 16.6. The zero-order chi connectivity index (χ0) is 18.4. The number of hydrogen-bond donors (Lipinski definition) is 1. The monoisotopic (exact) mass is 366 g/mol. The Hall–Kier alpha value is -2.86. The van der Waals surface area contributed by atoms with Gasteiger partial charge in [-0.1, -0.05) is 17.4 Å². The number of furan rings is 1. The molecule has 0 aliphatic heterocycles. The van der Waals surface area contributed by atoms with Gasteiger partial charge in [0.1, 0.15) is 11.3 Å². The van der Waals surface area contributed by atoms with Gasteiger partial charge in [0.15, 0.2) is 10.9 Å². The van der Waals surface area contributed by atoms with Gasteiger partial charge in [0.05, 0.1) is 17.3 Å². The number of carbonyl (C=O) groups is 1. The molecule has 0 saturated heterocycles. The number of aryl methyl sites for hydroxylation is 3. The van der Waals surface area contributed by atoms with E-state index in [1.165, 1.54) is 16.9 Å². The number of amides is 1. The molecule has 132 valence electrons. The van der Waals surface area contributed by atoms with Gasteiger partial charge in [-0.05, 0) is 56.2 Å². The van der Waals surface area contributed by atoms with E-state index in [9.17, 15) is 4.79 Å². The number of methoxy groups -OCH3 is 1. The molecular weight excluding hydrogens is 348 g/mol. The number of ether oxygens (including phenoxy) is 1. The standard InChI is InChI=1S/C20H18N2O3S/c1-10-7-11(2)17-16(8-10)26-20(21-17)22-19(23)18-12(3)14-9-13(24-4)5-6-15(14)25-18/h5-9H,1-4H3,(H,21,22,23). The average molecular weight is 366 g/mol. The molecule has 0 aliphatic carbocycles. The van der Waals surface area contributed by atoms with Crippen molar-refractivity contribution in [3.05, 3.63) is 52.8 Å². The third-order valence-electron chi connectivity index (χ3n) is 4.40. The van der Waals surface area contributed by atoms with Crippen LogP contribution in [0, 0.1) is 20.8 Å². The lowest BCUT2D eigenvalue weighted by molar-refractivity contribution is 0.0998. The first-order valence-electron chi connectivity index (χ1n) is 8.22. The second-order valence-electron chi connectivity index (χ2n) is 6.32. The SMILES string of the molecule is COc1ccc2oc(C(=O)Nc3nc4c(C)cc(C)cc4s3)c(C)c2c1. The number of thiazole rings is 1. The molecule has 0 fully saturated rings. The second kappa shape index (κ2) is 6.14. The van der Waals surface area contributed by atoms with Crippen molar-refractivity contribution in [1.82, 2.24) is 4.98 Å². The lowest BCUT2D eigenvalue weighted by Gasteiger charge is -1.99. The highest BCUT2D eigenvalue weighted by molar-refractivity contribution is 7.22. The summed E-state index contributed by atoms with van der Waals surface area (Å²) in [5.74, 6) is 0.719. The summed E-state index contributed by atoms with van der Waals surface area (Å²) in [6, 6.07) is 9.65. The summed E-state index contributed by atoms with van der Waals surface area (Å²) in [5.41, 5.74) is 4.64. The molecule has 0 saturated carbocycles. The number of benzene rings is 2. The van der Waals surface area contributed by atoms with Crippen LogP contribution in [0.4, 0.5) is 5.13 Å². The van der Waals surface area contributed by atoms with Gasteiger partial charge in [0, 0.05) is 10.9 Å². The molecular formula is C20H18N2O3S. The third-order valence-corrected chi connectivity index (χ3v) is 5.32. The number of carbonyl (C=O) groups excluding carboxylic acids is 1. The van der Waals surface area contributed by atoms with Crippen LogP contribution in [0.3, 0.4) is 0 Å². The maximum atomic E-state index is 12.7. The van der Waals surface area contributed by atoms with E-state index in [-0.39, 0.29) is 5.91 Å². The highest BCUT2D eigenvalue weighted by Gasteiger charge is 2.19. The quantitative estimate of drug-likeness (QED) is 0.539. The fraction of sp³-hybridized carbons (Fsp3) is 0.200. The highest BCUT2D eigenvalue weighted by Crippen LogP contribution is 2.32. The first-order chi connectivity index (χ1) is 12.5. The van der Waals surface area contributed by atoms with Gasteiger partial charge < -0.3 is 9.15 Å². The van der Waals surface area contributed by atoms with Crippen LogP contribution in [0.1, 0.15) is 27.2 Å².